The molecule has 0 spiro atoms. The fourth-order valence-corrected chi connectivity index (χ4v) is 2.94. The molecular formula is C18H25NO. The Kier molecular flexibility index (Phi) is 6.11. The standard InChI is InChI=1S/C18H25NO/c1-2-16-8-4-11-19(12-10-16)15-18-7-3-6-17(14-18)9-5-13-20/h3,6-7,14,16,20H,2,4,8,10-13,15H2,1H3. The van der Waals surface area contributed by atoms with Crippen LogP contribution in [0.3, 0.4) is 0 Å². The largest absolute Gasteiger partial charge is 0.384 e. The first-order chi connectivity index (χ1) is 9.81. The molecule has 0 aliphatic carbocycles. The quantitative estimate of drug-likeness (QED) is 0.854. The van der Waals surface area contributed by atoms with Crippen molar-refractivity contribution >= 4 is 0 Å². The summed E-state index contributed by atoms with van der Waals surface area (Å²) in [6.45, 7) is 5.68. The van der Waals surface area contributed by atoms with Crippen molar-refractivity contribution in [2.24, 2.45) is 5.92 Å². The van der Waals surface area contributed by atoms with E-state index in [1.165, 1.54) is 44.3 Å². The lowest BCUT2D eigenvalue weighted by Gasteiger charge is -2.20. The molecule has 1 aliphatic heterocycles. The third kappa shape index (κ3) is 4.67. The minimum Gasteiger partial charge on any atom is -0.384 e. The van der Waals surface area contributed by atoms with E-state index in [2.05, 4.69) is 41.9 Å². The van der Waals surface area contributed by atoms with Gasteiger partial charge in [0.25, 0.3) is 0 Å². The van der Waals surface area contributed by atoms with Gasteiger partial charge < -0.3 is 5.11 Å². The van der Waals surface area contributed by atoms with Gasteiger partial charge in [-0.3, -0.25) is 4.90 Å². The van der Waals surface area contributed by atoms with Gasteiger partial charge in [0.1, 0.15) is 6.61 Å². The molecular weight excluding hydrogens is 246 g/mol. The fourth-order valence-electron chi connectivity index (χ4n) is 2.94. The highest BCUT2D eigenvalue weighted by Gasteiger charge is 2.15. The minimum absolute atomic E-state index is 0.0746. The predicted molar refractivity (Wildman–Crippen MR) is 83.3 cm³/mol. The molecule has 1 aromatic carbocycles. The summed E-state index contributed by atoms with van der Waals surface area (Å²) >= 11 is 0. The Balaban J connectivity index is 1.95. The summed E-state index contributed by atoms with van der Waals surface area (Å²) in [5.41, 5.74) is 2.32. The first-order valence-electron chi connectivity index (χ1n) is 7.73. The second-order valence-corrected chi connectivity index (χ2v) is 5.64. The van der Waals surface area contributed by atoms with Crippen LogP contribution in [0.25, 0.3) is 0 Å². The summed E-state index contributed by atoms with van der Waals surface area (Å²) in [6, 6.07) is 8.38. The monoisotopic (exact) mass is 271 g/mol. The summed E-state index contributed by atoms with van der Waals surface area (Å²) in [6.07, 6.45) is 5.36. The van der Waals surface area contributed by atoms with Crippen LogP contribution in [0.1, 0.15) is 43.7 Å². The lowest BCUT2D eigenvalue weighted by Crippen LogP contribution is -2.24. The zero-order valence-electron chi connectivity index (χ0n) is 12.4. The highest BCUT2D eigenvalue weighted by molar-refractivity contribution is 5.37. The van der Waals surface area contributed by atoms with E-state index in [0.717, 1.165) is 18.0 Å². The van der Waals surface area contributed by atoms with Crippen molar-refractivity contribution in [2.45, 2.75) is 39.2 Å². The van der Waals surface area contributed by atoms with Crippen LogP contribution in [0, 0.1) is 17.8 Å². The van der Waals surface area contributed by atoms with E-state index in [9.17, 15) is 0 Å². The molecule has 1 N–H and O–H groups in total. The van der Waals surface area contributed by atoms with Gasteiger partial charge in [-0.15, -0.1) is 0 Å². The first kappa shape index (κ1) is 15.1. The molecule has 108 valence electrons. The number of rotatable bonds is 3. The number of hydrogen-bond donors (Lipinski definition) is 1. The molecule has 1 aliphatic rings. The molecule has 0 radical (unpaired) electrons. The molecule has 2 nitrogen and oxygen atoms in total. The normalized spacial score (nSPS) is 20.0. The van der Waals surface area contributed by atoms with E-state index in [4.69, 9.17) is 5.11 Å². The van der Waals surface area contributed by atoms with Crippen LogP contribution in [-0.4, -0.2) is 29.7 Å². The Morgan fingerprint density at radius 2 is 2.20 bits per heavy atom. The molecule has 1 fully saturated rings. The predicted octanol–water partition coefficient (Wildman–Crippen LogP) is 3.04. The Morgan fingerprint density at radius 1 is 1.30 bits per heavy atom. The molecule has 2 heteroatoms. The first-order valence-corrected chi connectivity index (χ1v) is 7.73. The molecule has 0 amide bonds. The number of hydrogen-bond acceptors (Lipinski definition) is 2. The molecule has 1 aromatic rings. The van der Waals surface area contributed by atoms with Gasteiger partial charge in [-0.1, -0.05) is 37.3 Å². The third-order valence-corrected chi connectivity index (χ3v) is 4.16. The summed E-state index contributed by atoms with van der Waals surface area (Å²) in [5.74, 6) is 6.61. The smallest absolute Gasteiger partial charge is 0.104 e. The van der Waals surface area contributed by atoms with Gasteiger partial charge in [0, 0.05) is 12.1 Å². The maximum atomic E-state index is 8.76. The number of benzene rings is 1. The van der Waals surface area contributed by atoms with E-state index >= 15 is 0 Å². The van der Waals surface area contributed by atoms with Gasteiger partial charge in [0.2, 0.25) is 0 Å². The van der Waals surface area contributed by atoms with Gasteiger partial charge in [-0.2, -0.15) is 0 Å². The lowest BCUT2D eigenvalue weighted by atomic mass is 9.98. The molecule has 0 bridgehead atoms. The molecule has 20 heavy (non-hydrogen) atoms. The average Bonchev–Trinajstić information content (AvgIpc) is 2.71. The average molecular weight is 271 g/mol. The van der Waals surface area contributed by atoms with E-state index in [1.54, 1.807) is 0 Å². The minimum atomic E-state index is -0.0746. The number of aliphatic hydroxyl groups excluding tert-OH is 1. The Bertz CT molecular complexity index is 472. The molecule has 0 saturated carbocycles. The van der Waals surface area contributed by atoms with Crippen molar-refractivity contribution in [3.05, 3.63) is 35.4 Å². The van der Waals surface area contributed by atoms with Crippen LogP contribution >= 0.6 is 0 Å². The van der Waals surface area contributed by atoms with Crippen molar-refractivity contribution in [1.82, 2.24) is 4.90 Å². The molecule has 2 rings (SSSR count). The van der Waals surface area contributed by atoms with Gasteiger partial charge in [-0.25, -0.2) is 0 Å². The van der Waals surface area contributed by atoms with Gasteiger partial charge in [0.05, 0.1) is 0 Å². The van der Waals surface area contributed by atoms with E-state index in [-0.39, 0.29) is 6.61 Å². The van der Waals surface area contributed by atoms with Crippen molar-refractivity contribution in [3.63, 3.8) is 0 Å². The van der Waals surface area contributed by atoms with Crippen LogP contribution in [0.15, 0.2) is 24.3 Å². The third-order valence-electron chi connectivity index (χ3n) is 4.16. The molecule has 1 saturated heterocycles. The van der Waals surface area contributed by atoms with Crippen molar-refractivity contribution < 1.29 is 5.11 Å². The molecule has 1 atom stereocenters. The zero-order valence-corrected chi connectivity index (χ0v) is 12.4. The SMILES string of the molecule is CCC1CCCN(Cc2cccc(C#CCO)c2)CC1. The molecule has 0 aromatic heterocycles. The Morgan fingerprint density at radius 3 is 3.00 bits per heavy atom. The zero-order chi connectivity index (χ0) is 14.2. The van der Waals surface area contributed by atoms with E-state index < -0.39 is 0 Å². The van der Waals surface area contributed by atoms with Crippen LogP contribution in [0.4, 0.5) is 0 Å². The van der Waals surface area contributed by atoms with Crippen LogP contribution in [0.2, 0.25) is 0 Å². The maximum Gasteiger partial charge on any atom is 0.104 e. The Labute approximate surface area is 122 Å². The molecule has 1 unspecified atom stereocenters. The lowest BCUT2D eigenvalue weighted by molar-refractivity contribution is 0.272. The fraction of sp³-hybridized carbons (Fsp3) is 0.556. The number of aliphatic hydroxyl groups is 1. The van der Waals surface area contributed by atoms with Crippen molar-refractivity contribution in [1.29, 1.82) is 0 Å². The van der Waals surface area contributed by atoms with Gasteiger partial charge >= 0.3 is 0 Å². The summed E-state index contributed by atoms with van der Waals surface area (Å²) in [4.78, 5) is 2.56. The molecule has 1 heterocycles. The topological polar surface area (TPSA) is 23.5 Å². The second-order valence-electron chi connectivity index (χ2n) is 5.64. The summed E-state index contributed by atoms with van der Waals surface area (Å²) in [5, 5.41) is 8.76. The second kappa shape index (κ2) is 8.09. The van der Waals surface area contributed by atoms with E-state index in [0.29, 0.717) is 0 Å². The number of nitrogens with zero attached hydrogens (tertiary/aromatic N) is 1. The Hall–Kier alpha value is -1.30. The van der Waals surface area contributed by atoms with Crippen molar-refractivity contribution in [2.75, 3.05) is 19.7 Å². The van der Waals surface area contributed by atoms with Gasteiger partial charge in [-0.05, 0) is 56.0 Å². The highest BCUT2D eigenvalue weighted by Crippen LogP contribution is 2.21. The van der Waals surface area contributed by atoms with Crippen LogP contribution < -0.4 is 0 Å². The summed E-state index contributed by atoms with van der Waals surface area (Å²) in [7, 11) is 0. The maximum absolute atomic E-state index is 8.76. The van der Waals surface area contributed by atoms with Crippen LogP contribution in [0.5, 0.6) is 0 Å². The summed E-state index contributed by atoms with van der Waals surface area (Å²) < 4.78 is 0. The number of likely N-dealkylation sites (tertiary alicyclic amines) is 1. The van der Waals surface area contributed by atoms with Crippen molar-refractivity contribution in [3.8, 4) is 11.8 Å². The van der Waals surface area contributed by atoms with Crippen LogP contribution in [-0.2, 0) is 6.54 Å². The highest BCUT2D eigenvalue weighted by atomic mass is 16.2. The van der Waals surface area contributed by atoms with E-state index in [1.807, 2.05) is 6.07 Å². The van der Waals surface area contributed by atoms with Gasteiger partial charge in [0.15, 0.2) is 0 Å².